The van der Waals surface area contributed by atoms with E-state index in [1.165, 1.54) is 16.7 Å². The van der Waals surface area contributed by atoms with E-state index in [1.54, 1.807) is 6.92 Å². The van der Waals surface area contributed by atoms with Crippen LogP contribution in [0.4, 0.5) is 0 Å². The number of benzene rings is 2. The van der Waals surface area contributed by atoms with Crippen LogP contribution in [0.3, 0.4) is 0 Å². The summed E-state index contributed by atoms with van der Waals surface area (Å²) in [5.74, 6) is 1.21. The summed E-state index contributed by atoms with van der Waals surface area (Å²) in [5.41, 5.74) is 4.69. The predicted molar refractivity (Wildman–Crippen MR) is 96.0 cm³/mol. The SMILES string of the molecule is Cc1nc(-c2ccc(-c3ccc(CN4CCOCC4)cc3)cc2)no1. The van der Waals surface area contributed by atoms with E-state index in [0.717, 1.165) is 38.4 Å². The minimum Gasteiger partial charge on any atom is -0.379 e. The van der Waals surface area contributed by atoms with Gasteiger partial charge >= 0.3 is 0 Å². The van der Waals surface area contributed by atoms with Crippen molar-refractivity contribution in [3.05, 3.63) is 60.0 Å². The van der Waals surface area contributed by atoms with Crippen LogP contribution in [0.25, 0.3) is 22.5 Å². The first-order valence-electron chi connectivity index (χ1n) is 8.58. The third-order valence-corrected chi connectivity index (χ3v) is 4.47. The van der Waals surface area contributed by atoms with Crippen LogP contribution in [0.1, 0.15) is 11.5 Å². The largest absolute Gasteiger partial charge is 0.379 e. The Kier molecular flexibility index (Phi) is 4.59. The quantitative estimate of drug-likeness (QED) is 0.730. The molecule has 3 aromatic rings. The molecule has 0 radical (unpaired) electrons. The third-order valence-electron chi connectivity index (χ3n) is 4.47. The monoisotopic (exact) mass is 335 g/mol. The average Bonchev–Trinajstić information content (AvgIpc) is 3.10. The van der Waals surface area contributed by atoms with Gasteiger partial charge in [0.1, 0.15) is 0 Å². The summed E-state index contributed by atoms with van der Waals surface area (Å²) < 4.78 is 10.4. The first-order valence-corrected chi connectivity index (χ1v) is 8.58. The Morgan fingerprint density at radius 3 is 2.08 bits per heavy atom. The normalized spacial score (nSPS) is 15.4. The van der Waals surface area contributed by atoms with Gasteiger partial charge in [0.25, 0.3) is 0 Å². The summed E-state index contributed by atoms with van der Waals surface area (Å²) in [4.78, 5) is 6.69. The number of hydrogen-bond donors (Lipinski definition) is 0. The van der Waals surface area contributed by atoms with Gasteiger partial charge in [0.05, 0.1) is 13.2 Å². The van der Waals surface area contributed by atoms with Gasteiger partial charge < -0.3 is 9.26 Å². The first kappa shape index (κ1) is 16.0. The lowest BCUT2D eigenvalue weighted by Crippen LogP contribution is -2.35. The molecular formula is C20H21N3O2. The molecule has 1 aliphatic heterocycles. The molecule has 0 N–H and O–H groups in total. The molecule has 4 rings (SSSR count). The first-order chi connectivity index (χ1) is 12.3. The van der Waals surface area contributed by atoms with Crippen LogP contribution in [0.15, 0.2) is 53.1 Å². The number of aromatic nitrogens is 2. The van der Waals surface area contributed by atoms with Crippen LogP contribution < -0.4 is 0 Å². The number of rotatable bonds is 4. The van der Waals surface area contributed by atoms with E-state index in [4.69, 9.17) is 9.26 Å². The maximum atomic E-state index is 5.40. The van der Waals surface area contributed by atoms with Crippen molar-refractivity contribution in [2.75, 3.05) is 26.3 Å². The van der Waals surface area contributed by atoms with Crippen molar-refractivity contribution in [1.82, 2.24) is 15.0 Å². The molecule has 0 bridgehead atoms. The lowest BCUT2D eigenvalue weighted by Gasteiger charge is -2.26. The lowest BCUT2D eigenvalue weighted by atomic mass is 10.0. The van der Waals surface area contributed by atoms with Crippen molar-refractivity contribution < 1.29 is 9.26 Å². The van der Waals surface area contributed by atoms with Crippen molar-refractivity contribution in [1.29, 1.82) is 0 Å². The van der Waals surface area contributed by atoms with Gasteiger partial charge in [-0.3, -0.25) is 4.90 Å². The van der Waals surface area contributed by atoms with E-state index in [-0.39, 0.29) is 0 Å². The van der Waals surface area contributed by atoms with E-state index in [0.29, 0.717) is 11.7 Å². The van der Waals surface area contributed by atoms with Crippen molar-refractivity contribution >= 4 is 0 Å². The second kappa shape index (κ2) is 7.17. The van der Waals surface area contributed by atoms with Crippen LogP contribution in [0.2, 0.25) is 0 Å². The zero-order valence-corrected chi connectivity index (χ0v) is 14.3. The minimum atomic E-state index is 0.579. The maximum Gasteiger partial charge on any atom is 0.223 e. The molecule has 1 aromatic heterocycles. The Hall–Kier alpha value is -2.50. The summed E-state index contributed by atoms with van der Waals surface area (Å²) >= 11 is 0. The smallest absolute Gasteiger partial charge is 0.223 e. The molecule has 1 saturated heterocycles. The van der Waals surface area contributed by atoms with Gasteiger partial charge in [-0.1, -0.05) is 53.7 Å². The molecule has 0 spiro atoms. The second-order valence-electron chi connectivity index (χ2n) is 6.30. The zero-order chi connectivity index (χ0) is 17.1. The van der Waals surface area contributed by atoms with Crippen molar-refractivity contribution in [3.63, 3.8) is 0 Å². The van der Waals surface area contributed by atoms with Crippen LogP contribution in [0, 0.1) is 6.92 Å². The molecule has 25 heavy (non-hydrogen) atoms. The summed E-state index contributed by atoms with van der Waals surface area (Å²) in [7, 11) is 0. The molecule has 5 nitrogen and oxygen atoms in total. The molecule has 2 heterocycles. The highest BCUT2D eigenvalue weighted by Crippen LogP contribution is 2.24. The number of nitrogens with zero attached hydrogens (tertiary/aromatic N) is 3. The van der Waals surface area contributed by atoms with E-state index < -0.39 is 0 Å². The maximum absolute atomic E-state index is 5.40. The minimum absolute atomic E-state index is 0.579. The van der Waals surface area contributed by atoms with E-state index >= 15 is 0 Å². The van der Waals surface area contributed by atoms with Crippen molar-refractivity contribution in [2.45, 2.75) is 13.5 Å². The van der Waals surface area contributed by atoms with E-state index in [2.05, 4.69) is 51.4 Å². The Bertz CT molecular complexity index is 819. The van der Waals surface area contributed by atoms with E-state index in [1.807, 2.05) is 12.1 Å². The Labute approximate surface area is 147 Å². The molecule has 0 aliphatic carbocycles. The van der Waals surface area contributed by atoms with Crippen LogP contribution in [0.5, 0.6) is 0 Å². The molecule has 1 fully saturated rings. The fourth-order valence-corrected chi connectivity index (χ4v) is 3.05. The van der Waals surface area contributed by atoms with Gasteiger partial charge in [-0.05, 0) is 16.7 Å². The average molecular weight is 335 g/mol. The summed E-state index contributed by atoms with van der Waals surface area (Å²) in [6.07, 6.45) is 0. The molecule has 0 saturated carbocycles. The van der Waals surface area contributed by atoms with Gasteiger partial charge in [0.15, 0.2) is 0 Å². The van der Waals surface area contributed by atoms with Crippen LogP contribution in [-0.2, 0) is 11.3 Å². The summed E-state index contributed by atoms with van der Waals surface area (Å²) in [6, 6.07) is 17.0. The fraction of sp³-hybridized carbons (Fsp3) is 0.300. The lowest BCUT2D eigenvalue weighted by molar-refractivity contribution is 0.0342. The highest BCUT2D eigenvalue weighted by atomic mass is 16.5. The summed E-state index contributed by atoms with van der Waals surface area (Å²) in [6.45, 7) is 6.48. The number of hydrogen-bond acceptors (Lipinski definition) is 5. The molecule has 2 aromatic carbocycles. The standard InChI is InChI=1S/C20H21N3O2/c1-15-21-20(22-25-15)19-8-6-18(7-9-19)17-4-2-16(3-5-17)14-23-10-12-24-13-11-23/h2-9H,10-14H2,1H3. The van der Waals surface area contributed by atoms with Gasteiger partial charge in [-0.25, -0.2) is 0 Å². The van der Waals surface area contributed by atoms with Gasteiger partial charge in [0, 0.05) is 32.1 Å². The molecule has 0 unspecified atom stereocenters. The Morgan fingerprint density at radius 1 is 0.880 bits per heavy atom. The van der Waals surface area contributed by atoms with E-state index in [9.17, 15) is 0 Å². The fourth-order valence-electron chi connectivity index (χ4n) is 3.05. The number of aryl methyl sites for hydroxylation is 1. The predicted octanol–water partition coefficient (Wildman–Crippen LogP) is 3.54. The molecule has 128 valence electrons. The second-order valence-corrected chi connectivity index (χ2v) is 6.30. The molecule has 5 heteroatoms. The van der Waals surface area contributed by atoms with Crippen LogP contribution in [-0.4, -0.2) is 41.3 Å². The van der Waals surface area contributed by atoms with Crippen LogP contribution >= 0.6 is 0 Å². The van der Waals surface area contributed by atoms with Gasteiger partial charge in [-0.2, -0.15) is 4.98 Å². The molecule has 1 aliphatic rings. The van der Waals surface area contributed by atoms with Crippen molar-refractivity contribution in [2.24, 2.45) is 0 Å². The topological polar surface area (TPSA) is 51.4 Å². The highest BCUT2D eigenvalue weighted by molar-refractivity contribution is 5.67. The molecular weight excluding hydrogens is 314 g/mol. The summed E-state index contributed by atoms with van der Waals surface area (Å²) in [5, 5.41) is 3.96. The Morgan fingerprint density at radius 2 is 1.48 bits per heavy atom. The number of ether oxygens (including phenoxy) is 1. The highest BCUT2D eigenvalue weighted by Gasteiger charge is 2.11. The van der Waals surface area contributed by atoms with Gasteiger partial charge in [0.2, 0.25) is 11.7 Å². The molecule has 0 atom stereocenters. The molecule has 0 amide bonds. The zero-order valence-electron chi connectivity index (χ0n) is 14.3. The Balaban J connectivity index is 1.46. The number of morpholine rings is 1. The van der Waals surface area contributed by atoms with Crippen molar-refractivity contribution in [3.8, 4) is 22.5 Å². The third kappa shape index (κ3) is 3.78. The van der Waals surface area contributed by atoms with Gasteiger partial charge in [-0.15, -0.1) is 0 Å².